The molecule has 0 unspecified atom stereocenters. The average Bonchev–Trinajstić information content (AvgIpc) is 3.41. The first kappa shape index (κ1) is 43.0. The second kappa shape index (κ2) is 31.1. The van der Waals surface area contributed by atoms with Gasteiger partial charge in [-0.2, -0.15) is 5.26 Å². The van der Waals surface area contributed by atoms with Gasteiger partial charge in [0.15, 0.2) is 5.57 Å². The Morgan fingerprint density at radius 2 is 1.40 bits per heavy atom. The molecular weight excluding hydrogens is 528 g/mol. The molecule has 3 rings (SSSR count). The summed E-state index contributed by atoms with van der Waals surface area (Å²) in [6.45, 7) is 19.2. The third-order valence-electron chi connectivity index (χ3n) is 3.49. The molecule has 0 aliphatic carbocycles. The molecule has 0 saturated carbocycles. The van der Waals surface area contributed by atoms with Crippen LogP contribution in [0.15, 0.2) is 82.7 Å². The highest BCUT2D eigenvalue weighted by atomic mass is 35.5. The van der Waals surface area contributed by atoms with E-state index in [0.717, 1.165) is 5.69 Å². The van der Waals surface area contributed by atoms with Gasteiger partial charge in [0.25, 0.3) is 11.1 Å². The number of benzene rings is 2. The number of anilines is 2. The number of nitrogens with one attached hydrogen (secondary N) is 1. The Bertz CT molecular complexity index is 1070. The molecule has 0 saturated heterocycles. The normalized spacial score (nSPS) is 8.75. The zero-order valence-corrected chi connectivity index (χ0v) is 26.3. The smallest absolute Gasteiger partial charge is 0.269 e. The van der Waals surface area contributed by atoms with Crippen molar-refractivity contribution in [1.29, 1.82) is 5.26 Å². The third kappa shape index (κ3) is 23.1. The van der Waals surface area contributed by atoms with Crippen molar-refractivity contribution in [3.8, 4) is 6.07 Å². The number of hydrogen-bond acceptors (Lipinski definition) is 7. The van der Waals surface area contributed by atoms with Crippen LogP contribution in [0.5, 0.6) is 0 Å². The van der Waals surface area contributed by atoms with Crippen molar-refractivity contribution < 1.29 is 19.2 Å². The lowest BCUT2D eigenvalue weighted by Gasteiger charge is -2.03. The highest BCUT2D eigenvalue weighted by molar-refractivity contribution is 6.67. The van der Waals surface area contributed by atoms with Crippen molar-refractivity contribution in [1.82, 2.24) is 5.16 Å². The molecule has 1 amide bonds. The van der Waals surface area contributed by atoms with Gasteiger partial charge in [-0.05, 0) is 49.7 Å². The molecule has 8 nitrogen and oxygen atoms in total. The number of carbonyl (C=O) groups excluding carboxylic acids is 2. The quantitative estimate of drug-likeness (QED) is 0.0930. The van der Waals surface area contributed by atoms with Crippen LogP contribution in [0.2, 0.25) is 0 Å². The molecule has 0 aliphatic rings. The molecule has 0 fully saturated rings. The zero-order chi connectivity index (χ0) is 31.9. The van der Waals surface area contributed by atoms with Crippen LogP contribution in [-0.2, 0) is 4.79 Å². The van der Waals surface area contributed by atoms with Crippen LogP contribution in [0.3, 0.4) is 0 Å². The number of aliphatic hydroxyl groups excluding tert-OH is 1. The molecule has 0 radical (unpaired) electrons. The van der Waals surface area contributed by atoms with Crippen molar-refractivity contribution in [2.75, 3.05) is 11.1 Å². The number of para-hydroxylation sites is 2. The lowest BCUT2D eigenvalue weighted by molar-refractivity contribution is -0.112. The Morgan fingerprint density at radius 3 is 1.65 bits per heavy atom. The van der Waals surface area contributed by atoms with Gasteiger partial charge in [0.05, 0.1) is 11.8 Å². The first-order chi connectivity index (χ1) is 19.2. The second-order valence-corrected chi connectivity index (χ2v) is 6.92. The molecule has 2 aromatic carbocycles. The van der Waals surface area contributed by atoms with Gasteiger partial charge in [0, 0.05) is 11.4 Å². The Hall–Kier alpha value is -4.09. The summed E-state index contributed by atoms with van der Waals surface area (Å²) in [5.41, 5.74) is 6.81. The van der Waals surface area contributed by atoms with Gasteiger partial charge in [0.2, 0.25) is 0 Å². The fourth-order valence-electron chi connectivity index (χ4n) is 1.95. The summed E-state index contributed by atoms with van der Waals surface area (Å²) in [5.74, 6) is -0.440. The van der Waals surface area contributed by atoms with Crippen LogP contribution in [0.1, 0.15) is 84.9 Å². The number of nitriles is 1. The van der Waals surface area contributed by atoms with Gasteiger partial charge in [0.1, 0.15) is 17.6 Å². The molecule has 222 valence electrons. The molecule has 1 heterocycles. The van der Waals surface area contributed by atoms with Crippen LogP contribution < -0.4 is 11.1 Å². The SMILES string of the molecule is C/C(O)=C(\C#N)C(=O)Nc1ccccc1.CC.CC.CC.CCC.Cc1oncc1C(=O)Cl.Nc1ccccc1. The van der Waals surface area contributed by atoms with E-state index in [1.165, 1.54) is 19.5 Å². The van der Waals surface area contributed by atoms with Crippen molar-refractivity contribution in [3.63, 3.8) is 0 Å². The molecule has 0 atom stereocenters. The number of nitrogens with two attached hydrogens (primary N) is 1. The van der Waals surface area contributed by atoms with Gasteiger partial charge >= 0.3 is 0 Å². The fraction of sp³-hybridized carbons (Fsp3) is 0.355. The minimum atomic E-state index is -0.608. The Labute approximate surface area is 245 Å². The number of aliphatic hydroxyl groups is 1. The van der Waals surface area contributed by atoms with E-state index in [2.05, 4.69) is 28.8 Å². The highest BCUT2D eigenvalue weighted by Gasteiger charge is 2.12. The van der Waals surface area contributed by atoms with Crippen molar-refractivity contribution in [2.45, 2.75) is 75.7 Å². The zero-order valence-electron chi connectivity index (χ0n) is 25.6. The lowest BCUT2D eigenvalue weighted by Crippen LogP contribution is -2.14. The number of nitrogen functional groups attached to an aromatic ring is 1. The summed E-state index contributed by atoms with van der Waals surface area (Å²) < 4.78 is 4.57. The van der Waals surface area contributed by atoms with Crippen molar-refractivity contribution >= 4 is 34.1 Å². The van der Waals surface area contributed by atoms with Crippen LogP contribution in [-0.4, -0.2) is 21.4 Å². The van der Waals surface area contributed by atoms with Gasteiger partial charge in [-0.15, -0.1) is 0 Å². The number of aromatic nitrogens is 1. The number of hydrogen-bond donors (Lipinski definition) is 3. The molecule has 40 heavy (non-hydrogen) atoms. The number of nitrogens with zero attached hydrogens (tertiary/aromatic N) is 2. The second-order valence-electron chi connectivity index (χ2n) is 6.58. The predicted octanol–water partition coefficient (Wildman–Crippen LogP) is 9.11. The summed E-state index contributed by atoms with van der Waals surface area (Å²) in [6, 6.07) is 19.8. The summed E-state index contributed by atoms with van der Waals surface area (Å²) in [5, 5.41) is 23.0. The molecule has 0 aliphatic heterocycles. The van der Waals surface area contributed by atoms with E-state index in [0.29, 0.717) is 17.0 Å². The van der Waals surface area contributed by atoms with Crippen LogP contribution in [0.25, 0.3) is 0 Å². The summed E-state index contributed by atoms with van der Waals surface area (Å²) in [4.78, 5) is 21.8. The number of rotatable bonds is 3. The van der Waals surface area contributed by atoms with E-state index in [9.17, 15) is 9.59 Å². The number of aryl methyl sites for hydroxylation is 1. The molecule has 3 aromatic rings. The van der Waals surface area contributed by atoms with Gasteiger partial charge < -0.3 is 20.7 Å². The van der Waals surface area contributed by atoms with Gasteiger partial charge in [-0.1, -0.05) is 103 Å². The average molecular weight is 575 g/mol. The lowest BCUT2D eigenvalue weighted by atomic mass is 10.2. The summed E-state index contributed by atoms with van der Waals surface area (Å²) in [7, 11) is 0. The topological polar surface area (TPSA) is 142 Å². The minimum absolute atomic E-state index is 0.279. The van der Waals surface area contributed by atoms with Crippen molar-refractivity contribution in [2.24, 2.45) is 0 Å². The predicted molar refractivity (Wildman–Crippen MR) is 168 cm³/mol. The van der Waals surface area contributed by atoms with Crippen LogP contribution in [0, 0.1) is 18.3 Å². The number of halogens is 1. The first-order valence-corrected chi connectivity index (χ1v) is 13.6. The monoisotopic (exact) mass is 574 g/mol. The number of amides is 1. The molecular formula is C31H47ClN4O4. The largest absolute Gasteiger partial charge is 0.511 e. The summed E-state index contributed by atoms with van der Waals surface area (Å²) >= 11 is 5.11. The Morgan fingerprint density at radius 1 is 0.975 bits per heavy atom. The minimum Gasteiger partial charge on any atom is -0.511 e. The van der Waals surface area contributed by atoms with E-state index in [4.69, 9.17) is 27.7 Å². The van der Waals surface area contributed by atoms with E-state index in [1.54, 1.807) is 37.3 Å². The van der Waals surface area contributed by atoms with E-state index in [1.807, 2.05) is 77.9 Å². The van der Waals surface area contributed by atoms with Crippen molar-refractivity contribution in [3.05, 3.63) is 89.5 Å². The van der Waals surface area contributed by atoms with Gasteiger partial charge in [-0.25, -0.2) is 0 Å². The number of carbonyl (C=O) groups is 2. The standard InChI is InChI=1S/C11H10N2O2.C6H7N.C5H4ClNO2.C3H8.3C2H6/c1-8(14)10(7-12)11(15)13-9-5-3-2-4-6-9;7-6-4-2-1-3-5-6;1-3-4(5(6)8)2-7-9-3;1-3-2;3*1-2/h2-6,14H,1H3,(H,13,15);1-5H,7H2;2H,1H3;3H2,1-2H3;3*1-2H3/b10-8-;;;;;;. The molecule has 0 bridgehead atoms. The molecule has 0 spiro atoms. The maximum absolute atomic E-state index is 11.4. The van der Waals surface area contributed by atoms with E-state index >= 15 is 0 Å². The maximum atomic E-state index is 11.4. The fourth-order valence-corrected chi connectivity index (χ4v) is 2.13. The molecule has 4 N–H and O–H groups in total. The summed E-state index contributed by atoms with van der Waals surface area (Å²) in [6.07, 6.45) is 2.55. The van der Waals surface area contributed by atoms with Crippen LogP contribution >= 0.6 is 11.6 Å². The highest BCUT2D eigenvalue weighted by Crippen LogP contribution is 2.09. The molecule has 9 heteroatoms. The van der Waals surface area contributed by atoms with Gasteiger partial charge in [-0.3, -0.25) is 9.59 Å². The Balaban J connectivity index is -0.000000222. The Kier molecular flexibility index (Phi) is 33.4. The third-order valence-corrected chi connectivity index (χ3v) is 3.70. The van der Waals surface area contributed by atoms with E-state index < -0.39 is 11.1 Å². The first-order valence-electron chi connectivity index (χ1n) is 13.3. The van der Waals surface area contributed by atoms with E-state index in [-0.39, 0.29) is 11.3 Å². The number of allylic oxidation sites excluding steroid dienone is 1. The molecule has 1 aromatic heterocycles. The maximum Gasteiger partial charge on any atom is 0.269 e. The van der Waals surface area contributed by atoms with Crippen LogP contribution in [0.4, 0.5) is 11.4 Å².